The highest BCUT2D eigenvalue weighted by atomic mass is 35.7. The molecule has 0 spiro atoms. The molecule has 84 valence electrons. The molecule has 0 bridgehead atoms. The van der Waals surface area contributed by atoms with Crippen LogP contribution in [0.5, 0.6) is 0 Å². The van der Waals surface area contributed by atoms with E-state index in [2.05, 4.69) is 4.90 Å². The summed E-state index contributed by atoms with van der Waals surface area (Å²) >= 11 is 0. The first-order valence-corrected chi connectivity index (χ1v) is 7.21. The topological polar surface area (TPSA) is 46.6 Å². The molecule has 1 rings (SSSR count). The van der Waals surface area contributed by atoms with Crippen molar-refractivity contribution in [1.29, 1.82) is 0 Å². The van der Waals surface area contributed by atoms with E-state index >= 15 is 0 Å². The highest BCUT2D eigenvalue weighted by Crippen LogP contribution is 2.06. The third-order valence-corrected chi connectivity index (χ3v) is 3.43. The number of rotatable bonds is 4. The lowest BCUT2D eigenvalue weighted by atomic mass is 10.3. The molecule has 0 aliphatic carbocycles. The maximum Gasteiger partial charge on any atom is 0.232 e. The lowest BCUT2D eigenvalue weighted by Crippen LogP contribution is -2.41. The zero-order chi connectivity index (χ0) is 10.6. The highest BCUT2D eigenvalue weighted by molar-refractivity contribution is 8.13. The predicted octanol–water partition coefficient (Wildman–Crippen LogP) is 0.666. The van der Waals surface area contributed by atoms with Gasteiger partial charge in [0.25, 0.3) is 0 Å². The van der Waals surface area contributed by atoms with Crippen LogP contribution in [0.2, 0.25) is 0 Å². The zero-order valence-electron chi connectivity index (χ0n) is 8.28. The molecule has 0 aromatic rings. The minimum atomic E-state index is -3.32. The Bertz CT molecular complexity index is 268. The molecule has 1 heterocycles. The van der Waals surface area contributed by atoms with Gasteiger partial charge < -0.3 is 4.74 Å². The molecule has 0 N–H and O–H groups in total. The predicted molar refractivity (Wildman–Crippen MR) is 56.1 cm³/mol. The zero-order valence-corrected chi connectivity index (χ0v) is 9.85. The number of ether oxygens (including phenoxy) is 1. The maximum absolute atomic E-state index is 10.7. The van der Waals surface area contributed by atoms with Crippen LogP contribution in [-0.4, -0.2) is 51.4 Å². The average molecular weight is 242 g/mol. The van der Waals surface area contributed by atoms with Crippen molar-refractivity contribution in [2.45, 2.75) is 19.4 Å². The third kappa shape index (κ3) is 5.14. The van der Waals surface area contributed by atoms with Gasteiger partial charge in [-0.3, -0.25) is 4.90 Å². The largest absolute Gasteiger partial charge is 0.376 e. The van der Waals surface area contributed by atoms with Gasteiger partial charge in [0.15, 0.2) is 0 Å². The lowest BCUT2D eigenvalue weighted by molar-refractivity contribution is -0.0179. The third-order valence-electron chi connectivity index (χ3n) is 2.19. The Balaban J connectivity index is 2.18. The van der Waals surface area contributed by atoms with E-state index in [1.54, 1.807) is 0 Å². The van der Waals surface area contributed by atoms with Crippen molar-refractivity contribution in [3.8, 4) is 0 Å². The summed E-state index contributed by atoms with van der Waals surface area (Å²) in [7, 11) is 1.78. The summed E-state index contributed by atoms with van der Waals surface area (Å²) in [6.07, 6.45) is 0.842. The van der Waals surface area contributed by atoms with Crippen LogP contribution in [0.3, 0.4) is 0 Å². The van der Waals surface area contributed by atoms with Gasteiger partial charge in [0, 0.05) is 23.8 Å². The monoisotopic (exact) mass is 241 g/mol. The Morgan fingerprint density at radius 3 is 2.86 bits per heavy atom. The first kappa shape index (κ1) is 12.2. The van der Waals surface area contributed by atoms with Gasteiger partial charge >= 0.3 is 0 Å². The average Bonchev–Trinajstić information content (AvgIpc) is 2.01. The molecule has 1 aliphatic rings. The molecule has 6 heteroatoms. The lowest BCUT2D eigenvalue weighted by Gasteiger charge is -2.30. The molecular formula is C8H16ClNO3S. The van der Waals surface area contributed by atoms with Crippen LogP contribution in [0.15, 0.2) is 0 Å². The van der Waals surface area contributed by atoms with Gasteiger partial charge in [-0.25, -0.2) is 8.42 Å². The number of halogens is 1. The normalized spacial score (nSPS) is 25.1. The van der Waals surface area contributed by atoms with E-state index in [4.69, 9.17) is 15.4 Å². The molecule has 1 unspecified atom stereocenters. The minimum Gasteiger partial charge on any atom is -0.376 e. The summed E-state index contributed by atoms with van der Waals surface area (Å²) in [6, 6.07) is 0. The second-order valence-corrected chi connectivity index (χ2v) is 6.48. The van der Waals surface area contributed by atoms with Gasteiger partial charge in [-0.1, -0.05) is 0 Å². The smallest absolute Gasteiger partial charge is 0.232 e. The maximum atomic E-state index is 10.7. The molecule has 1 atom stereocenters. The van der Waals surface area contributed by atoms with Crippen molar-refractivity contribution in [2.24, 2.45) is 0 Å². The quantitative estimate of drug-likeness (QED) is 0.679. The molecule has 0 aromatic heterocycles. The molecular weight excluding hydrogens is 226 g/mol. The summed E-state index contributed by atoms with van der Waals surface area (Å²) < 4.78 is 26.7. The van der Waals surface area contributed by atoms with Crippen molar-refractivity contribution >= 4 is 19.7 Å². The Morgan fingerprint density at radius 2 is 2.29 bits per heavy atom. The summed E-state index contributed by atoms with van der Waals surface area (Å²) in [4.78, 5) is 2.20. The number of hydrogen-bond donors (Lipinski definition) is 0. The first-order valence-electron chi connectivity index (χ1n) is 4.73. The van der Waals surface area contributed by atoms with Crippen LogP contribution < -0.4 is 0 Å². The van der Waals surface area contributed by atoms with Gasteiger partial charge in [0.05, 0.1) is 18.5 Å². The fraction of sp³-hybridized carbons (Fsp3) is 1.00. The first-order chi connectivity index (χ1) is 6.47. The molecule has 0 saturated carbocycles. The number of nitrogens with zero attached hydrogens (tertiary/aromatic N) is 1. The van der Waals surface area contributed by atoms with E-state index in [1.165, 1.54) is 0 Å². The molecule has 14 heavy (non-hydrogen) atoms. The molecule has 0 aromatic carbocycles. The minimum absolute atomic E-state index is 0.0558. The van der Waals surface area contributed by atoms with Gasteiger partial charge in [-0.2, -0.15) is 0 Å². The fourth-order valence-corrected chi connectivity index (χ4v) is 2.36. The Labute approximate surface area is 89.6 Å². The second kappa shape index (κ2) is 5.30. The van der Waals surface area contributed by atoms with Crippen LogP contribution in [0.4, 0.5) is 0 Å². The van der Waals surface area contributed by atoms with Crippen LogP contribution in [0, 0.1) is 0 Å². The standard InChI is InChI=1S/C8H16ClNO3S/c1-8-7-10(4-5-13-8)3-2-6-14(9,11)12/h8H,2-7H2,1H3. The van der Waals surface area contributed by atoms with Gasteiger partial charge in [0.2, 0.25) is 9.05 Å². The van der Waals surface area contributed by atoms with Crippen LogP contribution in [0.25, 0.3) is 0 Å². The van der Waals surface area contributed by atoms with Crippen molar-refractivity contribution in [1.82, 2.24) is 4.90 Å². The molecule has 4 nitrogen and oxygen atoms in total. The van der Waals surface area contributed by atoms with E-state index in [0.29, 0.717) is 6.42 Å². The Kier molecular flexibility index (Phi) is 4.63. The fourth-order valence-electron chi connectivity index (χ4n) is 1.55. The van der Waals surface area contributed by atoms with Crippen molar-refractivity contribution in [3.05, 3.63) is 0 Å². The van der Waals surface area contributed by atoms with Gasteiger partial charge in [-0.15, -0.1) is 0 Å². The van der Waals surface area contributed by atoms with Crippen LogP contribution >= 0.6 is 10.7 Å². The highest BCUT2D eigenvalue weighted by Gasteiger charge is 2.16. The van der Waals surface area contributed by atoms with E-state index in [9.17, 15) is 8.42 Å². The van der Waals surface area contributed by atoms with Gasteiger partial charge in [0.1, 0.15) is 0 Å². The number of hydrogen-bond acceptors (Lipinski definition) is 4. The summed E-state index contributed by atoms with van der Waals surface area (Å²) in [5.41, 5.74) is 0. The molecule has 1 fully saturated rings. The van der Waals surface area contributed by atoms with Gasteiger partial charge in [-0.05, 0) is 19.9 Å². The molecule has 1 saturated heterocycles. The summed E-state index contributed by atoms with van der Waals surface area (Å²) in [6.45, 7) is 5.29. The Morgan fingerprint density at radius 1 is 1.57 bits per heavy atom. The van der Waals surface area contributed by atoms with Crippen molar-refractivity contribution in [2.75, 3.05) is 32.0 Å². The van der Waals surface area contributed by atoms with Crippen LogP contribution in [0.1, 0.15) is 13.3 Å². The van der Waals surface area contributed by atoms with Crippen molar-refractivity contribution in [3.63, 3.8) is 0 Å². The van der Waals surface area contributed by atoms with E-state index < -0.39 is 9.05 Å². The van der Waals surface area contributed by atoms with E-state index in [0.717, 1.165) is 26.2 Å². The summed E-state index contributed by atoms with van der Waals surface area (Å²) in [5.74, 6) is 0.0558. The van der Waals surface area contributed by atoms with E-state index in [1.807, 2.05) is 6.92 Å². The molecule has 0 amide bonds. The van der Waals surface area contributed by atoms with E-state index in [-0.39, 0.29) is 11.9 Å². The SMILES string of the molecule is CC1CN(CCCS(=O)(=O)Cl)CCO1. The molecule has 0 radical (unpaired) electrons. The second-order valence-electron chi connectivity index (χ2n) is 3.58. The summed E-state index contributed by atoms with van der Waals surface area (Å²) in [5, 5.41) is 0. The molecule has 1 aliphatic heterocycles. The Hall–Kier alpha value is 0.160. The van der Waals surface area contributed by atoms with Crippen LogP contribution in [-0.2, 0) is 13.8 Å². The number of morpholine rings is 1. The van der Waals surface area contributed by atoms with Crippen molar-refractivity contribution < 1.29 is 13.2 Å².